The molecular weight excluding hydrogens is 154 g/mol. The lowest BCUT2D eigenvalue weighted by Crippen LogP contribution is -2.26. The van der Waals surface area contributed by atoms with Crippen LogP contribution in [0.5, 0.6) is 0 Å². The maximum atomic E-state index is 8.42. The molecule has 3 nitrogen and oxygen atoms in total. The normalized spacial score (nSPS) is 19.5. The minimum absolute atomic E-state index is 0.123. The van der Waals surface area contributed by atoms with Gasteiger partial charge in [0.1, 0.15) is 0 Å². The first kappa shape index (κ1) is 9.96. The first-order valence-electron chi connectivity index (χ1n) is 4.66. The summed E-state index contributed by atoms with van der Waals surface area (Å²) < 4.78 is 5.11. The fourth-order valence-electron chi connectivity index (χ4n) is 1.09. The summed E-state index contributed by atoms with van der Waals surface area (Å²) in [5.74, 6) is 0. The lowest BCUT2D eigenvalue weighted by Gasteiger charge is -2.09. The molecule has 0 heterocycles. The van der Waals surface area contributed by atoms with Crippen LogP contribution in [0.2, 0.25) is 0 Å². The van der Waals surface area contributed by atoms with Crippen LogP contribution in [0.4, 0.5) is 0 Å². The van der Waals surface area contributed by atoms with Gasteiger partial charge in [0.05, 0.1) is 19.8 Å². The third-order valence-electron chi connectivity index (χ3n) is 2.31. The molecule has 0 aromatic heterocycles. The zero-order valence-electron chi connectivity index (χ0n) is 7.81. The topological polar surface area (TPSA) is 41.5 Å². The van der Waals surface area contributed by atoms with Gasteiger partial charge in [0.25, 0.3) is 0 Å². The van der Waals surface area contributed by atoms with Crippen LogP contribution in [0.25, 0.3) is 0 Å². The Morgan fingerprint density at radius 2 is 2.17 bits per heavy atom. The molecule has 1 fully saturated rings. The van der Waals surface area contributed by atoms with E-state index in [9.17, 15) is 0 Å². The number of ether oxygens (including phenoxy) is 1. The fourth-order valence-corrected chi connectivity index (χ4v) is 1.09. The molecule has 0 unspecified atom stereocenters. The van der Waals surface area contributed by atoms with Gasteiger partial charge >= 0.3 is 0 Å². The van der Waals surface area contributed by atoms with Crippen LogP contribution < -0.4 is 5.32 Å². The number of hydrogen-bond acceptors (Lipinski definition) is 3. The van der Waals surface area contributed by atoms with Crippen LogP contribution in [0.15, 0.2) is 0 Å². The summed E-state index contributed by atoms with van der Waals surface area (Å²) in [7, 11) is 0. The molecule has 3 heteroatoms. The van der Waals surface area contributed by atoms with Crippen LogP contribution >= 0.6 is 0 Å². The molecule has 0 bridgehead atoms. The highest BCUT2D eigenvalue weighted by atomic mass is 16.5. The third kappa shape index (κ3) is 4.04. The predicted octanol–water partition coefficient (Wildman–Crippen LogP) is 0.385. The van der Waals surface area contributed by atoms with Crippen LogP contribution in [0, 0.1) is 5.41 Å². The molecule has 1 aliphatic rings. The lowest BCUT2D eigenvalue weighted by atomic mass is 10.1. The first-order valence-corrected chi connectivity index (χ1v) is 4.66. The number of aliphatic hydroxyl groups excluding tert-OH is 1. The van der Waals surface area contributed by atoms with Crippen LogP contribution in [0.3, 0.4) is 0 Å². The molecule has 0 amide bonds. The van der Waals surface area contributed by atoms with Gasteiger partial charge in [-0.25, -0.2) is 0 Å². The number of aliphatic hydroxyl groups is 1. The number of rotatable bonds is 7. The molecule has 0 atom stereocenters. The molecule has 0 aromatic carbocycles. The van der Waals surface area contributed by atoms with E-state index in [1.807, 2.05) is 0 Å². The largest absolute Gasteiger partial charge is 0.394 e. The van der Waals surface area contributed by atoms with E-state index >= 15 is 0 Å². The lowest BCUT2D eigenvalue weighted by molar-refractivity contribution is 0.0934. The zero-order chi connectivity index (χ0) is 8.86. The minimum atomic E-state index is 0.123. The van der Waals surface area contributed by atoms with Gasteiger partial charge in [0.15, 0.2) is 0 Å². The smallest absolute Gasteiger partial charge is 0.0698 e. The molecule has 12 heavy (non-hydrogen) atoms. The molecule has 2 N–H and O–H groups in total. The number of nitrogens with one attached hydrogen (secondary N) is 1. The second-order valence-electron chi connectivity index (χ2n) is 3.82. The van der Waals surface area contributed by atoms with Gasteiger partial charge in [-0.3, -0.25) is 0 Å². The van der Waals surface area contributed by atoms with Gasteiger partial charge in [0, 0.05) is 13.1 Å². The van der Waals surface area contributed by atoms with Gasteiger partial charge in [-0.05, 0) is 18.3 Å². The molecular formula is C9H19NO2. The van der Waals surface area contributed by atoms with Crippen molar-refractivity contribution in [1.29, 1.82) is 0 Å². The van der Waals surface area contributed by atoms with Gasteiger partial charge in [-0.1, -0.05) is 6.92 Å². The summed E-state index contributed by atoms with van der Waals surface area (Å²) in [5, 5.41) is 11.8. The van der Waals surface area contributed by atoms with Crippen molar-refractivity contribution in [2.45, 2.75) is 19.8 Å². The zero-order valence-corrected chi connectivity index (χ0v) is 7.81. The summed E-state index contributed by atoms with van der Waals surface area (Å²) in [6, 6.07) is 0. The Balaban J connectivity index is 1.77. The summed E-state index contributed by atoms with van der Waals surface area (Å²) in [6.45, 7) is 5.59. The Kier molecular flexibility index (Phi) is 3.98. The summed E-state index contributed by atoms with van der Waals surface area (Å²) >= 11 is 0. The molecule has 1 rings (SSSR count). The van der Waals surface area contributed by atoms with Crippen molar-refractivity contribution in [3.63, 3.8) is 0 Å². The van der Waals surface area contributed by atoms with Gasteiger partial charge in [-0.2, -0.15) is 0 Å². The second kappa shape index (κ2) is 4.80. The maximum Gasteiger partial charge on any atom is 0.0698 e. The first-order chi connectivity index (χ1) is 5.77. The maximum absolute atomic E-state index is 8.42. The molecule has 0 spiro atoms. The quantitative estimate of drug-likeness (QED) is 0.547. The van der Waals surface area contributed by atoms with E-state index in [1.165, 1.54) is 12.8 Å². The van der Waals surface area contributed by atoms with E-state index in [1.54, 1.807) is 0 Å². The average molecular weight is 173 g/mol. The number of hydrogen-bond donors (Lipinski definition) is 2. The van der Waals surface area contributed by atoms with E-state index in [2.05, 4.69) is 12.2 Å². The SMILES string of the molecule is CC1(CNCCOCCO)CC1. The molecule has 72 valence electrons. The van der Waals surface area contributed by atoms with E-state index in [0.29, 0.717) is 18.6 Å². The highest BCUT2D eigenvalue weighted by Crippen LogP contribution is 2.43. The molecule has 0 aromatic rings. The average Bonchev–Trinajstić information content (AvgIpc) is 2.77. The highest BCUT2D eigenvalue weighted by molar-refractivity contribution is 4.90. The van der Waals surface area contributed by atoms with Crippen molar-refractivity contribution < 1.29 is 9.84 Å². The summed E-state index contributed by atoms with van der Waals surface area (Å²) in [5.41, 5.74) is 0.580. The Morgan fingerprint density at radius 1 is 1.42 bits per heavy atom. The monoisotopic (exact) mass is 173 g/mol. The van der Waals surface area contributed by atoms with Crippen LogP contribution in [-0.2, 0) is 4.74 Å². The van der Waals surface area contributed by atoms with Crippen molar-refractivity contribution in [3.8, 4) is 0 Å². The Labute approximate surface area is 74.1 Å². The van der Waals surface area contributed by atoms with Gasteiger partial charge in [0.2, 0.25) is 0 Å². The predicted molar refractivity (Wildman–Crippen MR) is 48.1 cm³/mol. The minimum Gasteiger partial charge on any atom is -0.394 e. The van der Waals surface area contributed by atoms with Crippen molar-refractivity contribution in [3.05, 3.63) is 0 Å². The van der Waals surface area contributed by atoms with E-state index in [0.717, 1.165) is 13.1 Å². The van der Waals surface area contributed by atoms with Crippen molar-refractivity contribution >= 4 is 0 Å². The summed E-state index contributed by atoms with van der Waals surface area (Å²) in [4.78, 5) is 0. The molecule has 0 radical (unpaired) electrons. The van der Waals surface area contributed by atoms with Crippen molar-refractivity contribution in [2.24, 2.45) is 5.41 Å². The molecule has 1 aliphatic carbocycles. The Hall–Kier alpha value is -0.120. The van der Waals surface area contributed by atoms with E-state index in [-0.39, 0.29) is 6.61 Å². The highest BCUT2D eigenvalue weighted by Gasteiger charge is 2.36. The Bertz CT molecular complexity index is 124. The fraction of sp³-hybridized carbons (Fsp3) is 1.00. The van der Waals surface area contributed by atoms with Crippen molar-refractivity contribution in [1.82, 2.24) is 5.32 Å². The second-order valence-corrected chi connectivity index (χ2v) is 3.82. The van der Waals surface area contributed by atoms with Crippen molar-refractivity contribution in [2.75, 3.05) is 32.9 Å². The molecule has 1 saturated carbocycles. The van der Waals surface area contributed by atoms with Crippen LogP contribution in [-0.4, -0.2) is 38.0 Å². The molecule has 0 aliphatic heterocycles. The standard InChI is InChI=1S/C9H19NO2/c1-9(2-3-9)8-10-4-6-12-7-5-11/h10-11H,2-8H2,1H3. The Morgan fingerprint density at radius 3 is 2.75 bits per heavy atom. The van der Waals surface area contributed by atoms with E-state index in [4.69, 9.17) is 9.84 Å². The third-order valence-corrected chi connectivity index (χ3v) is 2.31. The van der Waals surface area contributed by atoms with E-state index < -0.39 is 0 Å². The van der Waals surface area contributed by atoms with Crippen LogP contribution in [0.1, 0.15) is 19.8 Å². The molecule has 0 saturated heterocycles. The van der Waals surface area contributed by atoms with Gasteiger partial charge < -0.3 is 15.2 Å². The van der Waals surface area contributed by atoms with Gasteiger partial charge in [-0.15, -0.1) is 0 Å². The summed E-state index contributed by atoms with van der Waals surface area (Å²) in [6.07, 6.45) is 2.72.